The molecule has 2 aromatic heterocycles. The highest BCUT2D eigenvalue weighted by molar-refractivity contribution is 5.77. The van der Waals surface area contributed by atoms with Gasteiger partial charge >= 0.3 is 0 Å². The van der Waals surface area contributed by atoms with E-state index in [-0.39, 0.29) is 5.91 Å². The minimum Gasteiger partial charge on any atom is -0.370 e. The van der Waals surface area contributed by atoms with Crippen LogP contribution in [0.1, 0.15) is 38.4 Å². The minimum absolute atomic E-state index is 0.0977. The Balaban J connectivity index is 1.21. The Morgan fingerprint density at radius 3 is 2.77 bits per heavy atom. The summed E-state index contributed by atoms with van der Waals surface area (Å²) >= 11 is 0. The lowest BCUT2D eigenvalue weighted by atomic mass is 9.92. The number of aromatic nitrogens is 4. The molecule has 1 amide bonds. The van der Waals surface area contributed by atoms with Gasteiger partial charge in [0.05, 0.1) is 17.6 Å². The van der Waals surface area contributed by atoms with Gasteiger partial charge in [-0.1, -0.05) is 12.1 Å². The van der Waals surface area contributed by atoms with Crippen molar-refractivity contribution in [2.75, 3.05) is 29.9 Å². The average molecular weight is 422 g/mol. The van der Waals surface area contributed by atoms with Crippen LogP contribution in [-0.2, 0) is 18.4 Å². The maximum atomic E-state index is 12.4. The first kappa shape index (κ1) is 21.1. The largest absolute Gasteiger partial charge is 0.370 e. The Bertz CT molecular complexity index is 1020. The third kappa shape index (κ3) is 5.13. The maximum absolute atomic E-state index is 12.4. The van der Waals surface area contributed by atoms with Crippen LogP contribution in [0.3, 0.4) is 0 Å². The number of aryl methyl sites for hydroxylation is 1. The number of para-hydroxylation sites is 2. The van der Waals surface area contributed by atoms with Crippen molar-refractivity contribution in [1.82, 2.24) is 24.8 Å². The van der Waals surface area contributed by atoms with Gasteiger partial charge in [0.1, 0.15) is 23.8 Å². The SMILES string of the molecule is CCNc1cc(N2CCC(CCC(=O)NCc3nc4ccccc4n3C)CC2)ncn1. The van der Waals surface area contributed by atoms with Crippen molar-refractivity contribution in [2.24, 2.45) is 13.0 Å². The van der Waals surface area contributed by atoms with Gasteiger partial charge in [-0.3, -0.25) is 4.79 Å². The summed E-state index contributed by atoms with van der Waals surface area (Å²) in [6, 6.07) is 10.0. The van der Waals surface area contributed by atoms with Crippen LogP contribution in [0.5, 0.6) is 0 Å². The molecule has 1 aromatic carbocycles. The second-order valence-corrected chi connectivity index (χ2v) is 8.11. The van der Waals surface area contributed by atoms with Gasteiger partial charge in [-0.2, -0.15) is 0 Å². The number of fused-ring (bicyclic) bond motifs is 1. The van der Waals surface area contributed by atoms with Crippen LogP contribution < -0.4 is 15.5 Å². The van der Waals surface area contributed by atoms with E-state index in [1.165, 1.54) is 0 Å². The Morgan fingerprint density at radius 1 is 1.19 bits per heavy atom. The molecular weight excluding hydrogens is 390 g/mol. The number of rotatable bonds is 8. The predicted octanol–water partition coefficient (Wildman–Crippen LogP) is 3.11. The van der Waals surface area contributed by atoms with Gasteiger partial charge in [-0.25, -0.2) is 15.0 Å². The lowest BCUT2D eigenvalue weighted by Gasteiger charge is -2.32. The van der Waals surface area contributed by atoms with Crippen molar-refractivity contribution < 1.29 is 4.79 Å². The van der Waals surface area contributed by atoms with Gasteiger partial charge in [0.15, 0.2) is 0 Å². The summed E-state index contributed by atoms with van der Waals surface area (Å²) in [5.41, 5.74) is 2.04. The fourth-order valence-electron chi connectivity index (χ4n) is 4.20. The number of nitrogens with zero attached hydrogens (tertiary/aromatic N) is 5. The molecule has 8 nitrogen and oxygen atoms in total. The highest BCUT2D eigenvalue weighted by Gasteiger charge is 2.21. The lowest BCUT2D eigenvalue weighted by molar-refractivity contribution is -0.121. The highest BCUT2D eigenvalue weighted by Crippen LogP contribution is 2.25. The number of hydrogen-bond acceptors (Lipinski definition) is 6. The molecule has 8 heteroatoms. The molecule has 1 aliphatic rings. The molecule has 0 unspecified atom stereocenters. The molecule has 2 N–H and O–H groups in total. The van der Waals surface area contributed by atoms with Crippen molar-refractivity contribution in [3.63, 3.8) is 0 Å². The first-order valence-corrected chi connectivity index (χ1v) is 11.1. The zero-order valence-corrected chi connectivity index (χ0v) is 18.3. The van der Waals surface area contributed by atoms with E-state index >= 15 is 0 Å². The molecule has 3 aromatic rings. The normalized spacial score (nSPS) is 14.7. The Morgan fingerprint density at radius 2 is 2.00 bits per heavy atom. The molecule has 3 heterocycles. The third-order valence-corrected chi connectivity index (χ3v) is 6.05. The van der Waals surface area contributed by atoms with E-state index < -0.39 is 0 Å². The summed E-state index contributed by atoms with van der Waals surface area (Å²) in [7, 11) is 1.99. The molecule has 4 rings (SSSR count). The van der Waals surface area contributed by atoms with Crippen molar-refractivity contribution in [3.05, 3.63) is 42.5 Å². The summed E-state index contributed by atoms with van der Waals surface area (Å²) in [4.78, 5) is 28.0. The maximum Gasteiger partial charge on any atom is 0.220 e. The zero-order chi connectivity index (χ0) is 21.6. The number of benzene rings is 1. The Hall–Kier alpha value is -3.16. The monoisotopic (exact) mass is 421 g/mol. The average Bonchev–Trinajstić information content (AvgIpc) is 3.13. The van der Waals surface area contributed by atoms with E-state index in [2.05, 4.69) is 37.4 Å². The van der Waals surface area contributed by atoms with Crippen molar-refractivity contribution >= 4 is 28.6 Å². The molecular formula is C23H31N7O. The minimum atomic E-state index is 0.0977. The molecule has 1 aliphatic heterocycles. The molecule has 0 spiro atoms. The van der Waals surface area contributed by atoms with Crippen LogP contribution in [0.2, 0.25) is 0 Å². The molecule has 0 atom stereocenters. The van der Waals surface area contributed by atoms with Crippen LogP contribution in [-0.4, -0.2) is 45.1 Å². The van der Waals surface area contributed by atoms with Crippen LogP contribution in [0.15, 0.2) is 36.7 Å². The standard InChI is InChI=1S/C23H31N7O/c1-3-24-20-14-21(27-16-26-20)30-12-10-17(11-13-30)8-9-23(31)25-15-22-28-18-6-4-5-7-19(18)29(22)2/h4-7,14,16-17H,3,8-13,15H2,1-2H3,(H,25,31)(H,24,26,27). The zero-order valence-electron chi connectivity index (χ0n) is 18.3. The van der Waals surface area contributed by atoms with Gasteiger partial charge in [0.25, 0.3) is 0 Å². The topological polar surface area (TPSA) is 88.0 Å². The first-order chi connectivity index (χ1) is 15.1. The van der Waals surface area contributed by atoms with E-state index in [0.29, 0.717) is 18.9 Å². The lowest BCUT2D eigenvalue weighted by Crippen LogP contribution is -2.35. The number of carbonyl (C=O) groups excluding carboxylic acids is 1. The van der Waals surface area contributed by atoms with Crippen molar-refractivity contribution in [3.8, 4) is 0 Å². The van der Waals surface area contributed by atoms with Crippen LogP contribution in [0.25, 0.3) is 11.0 Å². The van der Waals surface area contributed by atoms with E-state index in [0.717, 1.165) is 67.4 Å². The molecule has 1 saturated heterocycles. The first-order valence-electron chi connectivity index (χ1n) is 11.1. The van der Waals surface area contributed by atoms with E-state index in [4.69, 9.17) is 0 Å². The molecule has 0 aliphatic carbocycles. The van der Waals surface area contributed by atoms with Gasteiger partial charge in [0.2, 0.25) is 5.91 Å². The molecule has 1 fully saturated rings. The number of carbonyl (C=O) groups is 1. The predicted molar refractivity (Wildman–Crippen MR) is 123 cm³/mol. The third-order valence-electron chi connectivity index (χ3n) is 6.05. The number of amides is 1. The number of hydrogen-bond donors (Lipinski definition) is 2. The van der Waals surface area contributed by atoms with Crippen LogP contribution in [0.4, 0.5) is 11.6 Å². The van der Waals surface area contributed by atoms with Crippen LogP contribution >= 0.6 is 0 Å². The molecule has 0 radical (unpaired) electrons. The second-order valence-electron chi connectivity index (χ2n) is 8.11. The fraction of sp³-hybridized carbons (Fsp3) is 0.478. The van der Waals surface area contributed by atoms with Gasteiger partial charge < -0.3 is 20.1 Å². The summed E-state index contributed by atoms with van der Waals surface area (Å²) in [6.07, 6.45) is 5.27. The van der Waals surface area contributed by atoms with E-state index in [1.807, 2.05) is 41.9 Å². The second kappa shape index (κ2) is 9.76. The fourth-order valence-corrected chi connectivity index (χ4v) is 4.20. The smallest absolute Gasteiger partial charge is 0.220 e. The van der Waals surface area contributed by atoms with Gasteiger partial charge in [0, 0.05) is 39.2 Å². The number of piperidine rings is 1. The molecule has 31 heavy (non-hydrogen) atoms. The highest BCUT2D eigenvalue weighted by atomic mass is 16.1. The van der Waals surface area contributed by atoms with E-state index in [1.54, 1.807) is 6.33 Å². The summed E-state index contributed by atoms with van der Waals surface area (Å²) in [6.45, 7) is 5.30. The van der Waals surface area contributed by atoms with Crippen LogP contribution in [0, 0.1) is 5.92 Å². The summed E-state index contributed by atoms with van der Waals surface area (Å²) in [5, 5.41) is 6.27. The number of anilines is 2. The number of imidazole rings is 1. The number of nitrogens with one attached hydrogen (secondary N) is 2. The molecule has 164 valence electrons. The van der Waals surface area contributed by atoms with Crippen molar-refractivity contribution in [2.45, 2.75) is 39.2 Å². The Labute approximate surface area is 183 Å². The molecule has 0 bridgehead atoms. The summed E-state index contributed by atoms with van der Waals surface area (Å²) < 4.78 is 2.04. The summed E-state index contributed by atoms with van der Waals surface area (Å²) in [5.74, 6) is 3.40. The van der Waals surface area contributed by atoms with E-state index in [9.17, 15) is 4.79 Å². The quantitative estimate of drug-likeness (QED) is 0.581. The van der Waals surface area contributed by atoms with Crippen molar-refractivity contribution in [1.29, 1.82) is 0 Å². The van der Waals surface area contributed by atoms with Gasteiger partial charge in [-0.05, 0) is 44.2 Å². The van der Waals surface area contributed by atoms with Gasteiger partial charge in [-0.15, -0.1) is 0 Å². The molecule has 0 saturated carbocycles. The Kier molecular flexibility index (Phi) is 6.64.